The summed E-state index contributed by atoms with van der Waals surface area (Å²) in [5.41, 5.74) is 1.37. The number of alkyl halides is 3. The van der Waals surface area contributed by atoms with E-state index in [4.69, 9.17) is 4.74 Å². The molecular formula is C18H13F3N2O4S. The number of carbonyl (C=O) groups is 2. The summed E-state index contributed by atoms with van der Waals surface area (Å²) in [6.07, 6.45) is -2.18. The van der Waals surface area contributed by atoms with Crippen LogP contribution in [0.25, 0.3) is 0 Å². The fraction of sp³-hybridized carbons (Fsp3) is 0.278. The van der Waals surface area contributed by atoms with E-state index in [-0.39, 0.29) is 5.56 Å². The lowest BCUT2D eigenvalue weighted by Crippen LogP contribution is -2.21. The second-order valence-corrected chi connectivity index (χ2v) is 6.97. The molecule has 28 heavy (non-hydrogen) atoms. The number of carbonyl (C=O) groups excluding carboxylic acids is 2. The number of thiophene rings is 1. The van der Waals surface area contributed by atoms with Crippen LogP contribution in [0, 0.1) is 11.3 Å². The highest BCUT2D eigenvalue weighted by atomic mass is 32.1. The van der Waals surface area contributed by atoms with Crippen LogP contribution in [-0.4, -0.2) is 24.8 Å². The first-order valence-corrected chi connectivity index (χ1v) is 8.96. The van der Waals surface area contributed by atoms with Crippen molar-refractivity contribution in [1.82, 2.24) is 0 Å². The van der Waals surface area contributed by atoms with E-state index in [1.54, 1.807) is 0 Å². The zero-order valence-corrected chi connectivity index (χ0v) is 15.1. The maximum absolute atomic E-state index is 12.1. The Kier molecular flexibility index (Phi) is 5.56. The van der Waals surface area contributed by atoms with E-state index >= 15 is 0 Å². The molecular weight excluding hydrogens is 397 g/mol. The van der Waals surface area contributed by atoms with Crippen molar-refractivity contribution < 1.29 is 32.2 Å². The van der Waals surface area contributed by atoms with Crippen molar-refractivity contribution in [2.24, 2.45) is 0 Å². The van der Waals surface area contributed by atoms with Gasteiger partial charge in [0.1, 0.15) is 16.8 Å². The average molecular weight is 410 g/mol. The zero-order valence-electron chi connectivity index (χ0n) is 14.3. The molecule has 6 nitrogen and oxygen atoms in total. The van der Waals surface area contributed by atoms with Gasteiger partial charge in [-0.1, -0.05) is 0 Å². The molecule has 1 aliphatic carbocycles. The van der Waals surface area contributed by atoms with E-state index < -0.39 is 30.6 Å². The number of nitrogens with zero attached hydrogens (tertiary/aromatic N) is 1. The van der Waals surface area contributed by atoms with Crippen LogP contribution < -0.4 is 10.1 Å². The van der Waals surface area contributed by atoms with Gasteiger partial charge in [-0.2, -0.15) is 5.26 Å². The Labute approximate surface area is 161 Å². The van der Waals surface area contributed by atoms with E-state index in [0.29, 0.717) is 10.6 Å². The highest BCUT2D eigenvalue weighted by Crippen LogP contribution is 2.38. The van der Waals surface area contributed by atoms with E-state index in [1.165, 1.54) is 11.3 Å². The van der Waals surface area contributed by atoms with Gasteiger partial charge in [-0.25, -0.2) is 4.79 Å². The second kappa shape index (κ2) is 7.90. The lowest BCUT2D eigenvalue weighted by Gasteiger charge is -2.09. The molecule has 1 amide bonds. The normalized spacial score (nSPS) is 12.8. The quantitative estimate of drug-likeness (QED) is 0.758. The summed E-state index contributed by atoms with van der Waals surface area (Å²) in [4.78, 5) is 25.0. The van der Waals surface area contributed by atoms with Gasteiger partial charge in [0.05, 0.1) is 11.1 Å². The fourth-order valence-corrected chi connectivity index (χ4v) is 4.04. The molecule has 3 rings (SSSR count). The molecule has 0 aliphatic heterocycles. The SMILES string of the molecule is N#Cc1c(NC(=O)COC(=O)c2ccc(OC(F)(F)F)cc2)sc2c1CCC2. The topological polar surface area (TPSA) is 88.4 Å². The van der Waals surface area contributed by atoms with E-state index in [9.17, 15) is 28.0 Å². The van der Waals surface area contributed by atoms with Crippen LogP contribution in [0.5, 0.6) is 5.75 Å². The van der Waals surface area contributed by atoms with Crippen LogP contribution in [0.3, 0.4) is 0 Å². The van der Waals surface area contributed by atoms with Crippen LogP contribution in [0.1, 0.15) is 32.8 Å². The maximum Gasteiger partial charge on any atom is 0.573 e. The zero-order chi connectivity index (χ0) is 20.3. The van der Waals surface area contributed by atoms with Gasteiger partial charge in [-0.05, 0) is 49.1 Å². The summed E-state index contributed by atoms with van der Waals surface area (Å²) in [5, 5.41) is 12.3. The summed E-state index contributed by atoms with van der Waals surface area (Å²) >= 11 is 1.34. The number of halogens is 3. The third-order valence-corrected chi connectivity index (χ3v) is 5.15. The Morgan fingerprint density at radius 1 is 1.21 bits per heavy atom. The molecule has 0 saturated carbocycles. The summed E-state index contributed by atoms with van der Waals surface area (Å²) in [6.45, 7) is -0.590. The monoisotopic (exact) mass is 410 g/mol. The van der Waals surface area contributed by atoms with Gasteiger partial charge in [0, 0.05) is 4.88 Å². The molecule has 1 aliphatic rings. The number of aryl methyl sites for hydroxylation is 1. The minimum absolute atomic E-state index is 0.0323. The highest BCUT2D eigenvalue weighted by molar-refractivity contribution is 7.16. The molecule has 0 bridgehead atoms. The van der Waals surface area contributed by atoms with Gasteiger partial charge in [0.25, 0.3) is 5.91 Å². The largest absolute Gasteiger partial charge is 0.573 e. The van der Waals surface area contributed by atoms with Crippen LogP contribution in [0.4, 0.5) is 18.2 Å². The summed E-state index contributed by atoms with van der Waals surface area (Å²) in [5.74, 6) is -1.96. The Morgan fingerprint density at radius 2 is 1.93 bits per heavy atom. The minimum Gasteiger partial charge on any atom is -0.452 e. The molecule has 0 saturated heterocycles. The molecule has 0 unspecified atom stereocenters. The van der Waals surface area contributed by atoms with Gasteiger partial charge in [-0.15, -0.1) is 24.5 Å². The van der Waals surface area contributed by atoms with Crippen LogP contribution in [0.15, 0.2) is 24.3 Å². The van der Waals surface area contributed by atoms with Crippen LogP contribution in [-0.2, 0) is 22.4 Å². The van der Waals surface area contributed by atoms with E-state index in [2.05, 4.69) is 16.1 Å². The van der Waals surface area contributed by atoms with Gasteiger partial charge in [-0.3, -0.25) is 4.79 Å². The standard InChI is InChI=1S/C18H13F3N2O4S/c19-18(20,21)27-11-6-4-10(5-7-11)17(25)26-9-15(24)23-16-13(8-22)12-2-1-3-14(12)28-16/h4-7H,1-3,9H2,(H,23,24). The number of rotatable bonds is 5. The fourth-order valence-electron chi connectivity index (χ4n) is 2.78. The third-order valence-electron chi connectivity index (χ3n) is 3.94. The number of ether oxygens (including phenoxy) is 2. The summed E-state index contributed by atoms with van der Waals surface area (Å²) < 4.78 is 44.9. The molecule has 1 heterocycles. The van der Waals surface area contributed by atoms with E-state index in [0.717, 1.165) is 54.0 Å². The first-order chi connectivity index (χ1) is 13.3. The van der Waals surface area contributed by atoms with Crippen molar-refractivity contribution in [2.45, 2.75) is 25.6 Å². The number of fused-ring (bicyclic) bond motifs is 1. The number of nitriles is 1. The minimum atomic E-state index is -4.83. The predicted octanol–water partition coefficient (Wildman–Crippen LogP) is 3.80. The van der Waals surface area contributed by atoms with Crippen molar-refractivity contribution in [3.8, 4) is 11.8 Å². The predicted molar refractivity (Wildman–Crippen MR) is 93.1 cm³/mol. The van der Waals surface area contributed by atoms with Crippen LogP contribution in [0.2, 0.25) is 0 Å². The highest BCUT2D eigenvalue weighted by Gasteiger charge is 2.31. The van der Waals surface area contributed by atoms with Crippen molar-refractivity contribution in [1.29, 1.82) is 5.26 Å². The molecule has 2 aromatic rings. The number of hydrogen-bond acceptors (Lipinski definition) is 6. The molecule has 0 fully saturated rings. The number of amides is 1. The first kappa shape index (κ1) is 19.7. The van der Waals surface area contributed by atoms with Crippen molar-refractivity contribution in [3.05, 3.63) is 45.8 Å². The van der Waals surface area contributed by atoms with Crippen LogP contribution >= 0.6 is 11.3 Å². The Balaban J connectivity index is 1.55. The van der Waals surface area contributed by atoms with Crippen molar-refractivity contribution >= 4 is 28.2 Å². The molecule has 0 atom stereocenters. The second-order valence-electron chi connectivity index (χ2n) is 5.87. The Hall–Kier alpha value is -3.06. The number of hydrogen-bond donors (Lipinski definition) is 1. The van der Waals surface area contributed by atoms with Gasteiger partial charge >= 0.3 is 12.3 Å². The van der Waals surface area contributed by atoms with Gasteiger partial charge in [0.15, 0.2) is 6.61 Å². The molecule has 10 heteroatoms. The third kappa shape index (κ3) is 4.61. The van der Waals surface area contributed by atoms with E-state index in [1.807, 2.05) is 0 Å². The molecule has 0 spiro atoms. The van der Waals surface area contributed by atoms with Crippen molar-refractivity contribution in [2.75, 3.05) is 11.9 Å². The van der Waals surface area contributed by atoms with Gasteiger partial charge < -0.3 is 14.8 Å². The number of esters is 1. The number of nitrogens with one attached hydrogen (secondary N) is 1. The Morgan fingerprint density at radius 3 is 2.57 bits per heavy atom. The lowest BCUT2D eigenvalue weighted by atomic mass is 10.1. The molecule has 146 valence electrons. The number of benzene rings is 1. The lowest BCUT2D eigenvalue weighted by molar-refractivity contribution is -0.274. The number of anilines is 1. The average Bonchev–Trinajstić information content (AvgIpc) is 3.19. The summed E-state index contributed by atoms with van der Waals surface area (Å²) in [7, 11) is 0. The van der Waals surface area contributed by atoms with Gasteiger partial charge in [0.2, 0.25) is 0 Å². The Bertz CT molecular complexity index is 945. The smallest absolute Gasteiger partial charge is 0.452 e. The molecule has 1 aromatic heterocycles. The molecule has 0 radical (unpaired) electrons. The molecule has 1 N–H and O–H groups in total. The van der Waals surface area contributed by atoms with Crippen molar-refractivity contribution in [3.63, 3.8) is 0 Å². The summed E-state index contributed by atoms with van der Waals surface area (Å²) in [6, 6.07) is 6.22. The molecule has 1 aromatic carbocycles. The maximum atomic E-state index is 12.1. The first-order valence-electron chi connectivity index (χ1n) is 8.14.